The molecule has 2 N–H and O–H groups in total. The van der Waals surface area contributed by atoms with Gasteiger partial charge in [0.05, 0.1) is 0 Å². The molecule has 0 amide bonds. The predicted molar refractivity (Wildman–Crippen MR) is 70.6 cm³/mol. The second-order valence-corrected chi connectivity index (χ2v) is 4.59. The van der Waals surface area contributed by atoms with Crippen molar-refractivity contribution in [2.75, 3.05) is 20.1 Å². The molecular weight excluding hydrogens is 196 g/mol. The van der Waals surface area contributed by atoms with Crippen molar-refractivity contribution in [1.29, 1.82) is 0 Å². The van der Waals surface area contributed by atoms with E-state index in [1.54, 1.807) is 0 Å². The SMILES string of the molecule is CCCN(C)C(CN)c1ccc(C)cc1C. The van der Waals surface area contributed by atoms with Crippen LogP contribution in [0.25, 0.3) is 0 Å². The molecule has 90 valence electrons. The summed E-state index contributed by atoms with van der Waals surface area (Å²) in [6.45, 7) is 8.27. The van der Waals surface area contributed by atoms with E-state index in [0.717, 1.165) is 13.0 Å². The average Bonchev–Trinajstić information content (AvgIpc) is 2.22. The normalized spacial score (nSPS) is 13.1. The Morgan fingerprint density at radius 1 is 1.31 bits per heavy atom. The van der Waals surface area contributed by atoms with E-state index in [0.29, 0.717) is 12.6 Å². The summed E-state index contributed by atoms with van der Waals surface area (Å²) in [7, 11) is 2.15. The Hall–Kier alpha value is -0.860. The summed E-state index contributed by atoms with van der Waals surface area (Å²) in [5, 5.41) is 0. The van der Waals surface area contributed by atoms with Crippen LogP contribution in [0.15, 0.2) is 18.2 Å². The summed E-state index contributed by atoms with van der Waals surface area (Å²) >= 11 is 0. The third-order valence-corrected chi connectivity index (χ3v) is 3.12. The molecular formula is C14H24N2. The van der Waals surface area contributed by atoms with Crippen molar-refractivity contribution in [2.45, 2.75) is 33.2 Å². The predicted octanol–water partition coefficient (Wildman–Crippen LogP) is 2.65. The lowest BCUT2D eigenvalue weighted by atomic mass is 9.98. The van der Waals surface area contributed by atoms with Gasteiger partial charge in [0.2, 0.25) is 0 Å². The lowest BCUT2D eigenvalue weighted by Gasteiger charge is -2.28. The lowest BCUT2D eigenvalue weighted by molar-refractivity contribution is 0.250. The molecule has 0 bridgehead atoms. The van der Waals surface area contributed by atoms with Crippen LogP contribution in [0, 0.1) is 13.8 Å². The minimum atomic E-state index is 0.348. The van der Waals surface area contributed by atoms with Crippen molar-refractivity contribution in [3.63, 3.8) is 0 Å². The molecule has 0 aliphatic rings. The van der Waals surface area contributed by atoms with E-state index < -0.39 is 0 Å². The number of nitrogens with two attached hydrogens (primary N) is 1. The lowest BCUT2D eigenvalue weighted by Crippen LogP contribution is -2.31. The maximum absolute atomic E-state index is 5.90. The Balaban J connectivity index is 2.94. The molecule has 0 aliphatic carbocycles. The molecule has 0 saturated heterocycles. The molecule has 0 heterocycles. The molecule has 0 fully saturated rings. The van der Waals surface area contributed by atoms with Gasteiger partial charge in [-0.2, -0.15) is 0 Å². The smallest absolute Gasteiger partial charge is 0.0470 e. The molecule has 2 heteroatoms. The van der Waals surface area contributed by atoms with Crippen molar-refractivity contribution in [3.05, 3.63) is 34.9 Å². The maximum atomic E-state index is 5.90. The zero-order valence-electron chi connectivity index (χ0n) is 11.0. The fourth-order valence-electron chi connectivity index (χ4n) is 2.25. The van der Waals surface area contributed by atoms with Crippen molar-refractivity contribution < 1.29 is 0 Å². The molecule has 1 atom stereocenters. The third kappa shape index (κ3) is 3.06. The van der Waals surface area contributed by atoms with Gasteiger partial charge < -0.3 is 5.73 Å². The van der Waals surface area contributed by atoms with Crippen molar-refractivity contribution >= 4 is 0 Å². The van der Waals surface area contributed by atoms with Crippen molar-refractivity contribution in [1.82, 2.24) is 4.90 Å². The Morgan fingerprint density at radius 3 is 2.50 bits per heavy atom. The molecule has 0 aliphatic heterocycles. The average molecular weight is 220 g/mol. The van der Waals surface area contributed by atoms with Gasteiger partial charge in [-0.05, 0) is 45.0 Å². The number of hydrogen-bond acceptors (Lipinski definition) is 2. The van der Waals surface area contributed by atoms with E-state index in [-0.39, 0.29) is 0 Å². The summed E-state index contributed by atoms with van der Waals surface area (Å²) in [6, 6.07) is 6.97. The first-order valence-corrected chi connectivity index (χ1v) is 6.07. The van der Waals surface area contributed by atoms with Crippen molar-refractivity contribution in [3.8, 4) is 0 Å². The van der Waals surface area contributed by atoms with Gasteiger partial charge in [0, 0.05) is 12.6 Å². The highest BCUT2D eigenvalue weighted by Gasteiger charge is 2.16. The summed E-state index contributed by atoms with van der Waals surface area (Å²) in [5.74, 6) is 0. The number of aryl methyl sites for hydroxylation is 2. The first-order chi connectivity index (χ1) is 7.60. The first-order valence-electron chi connectivity index (χ1n) is 6.07. The van der Waals surface area contributed by atoms with E-state index in [9.17, 15) is 0 Å². The summed E-state index contributed by atoms with van der Waals surface area (Å²) in [5.41, 5.74) is 9.93. The third-order valence-electron chi connectivity index (χ3n) is 3.12. The van der Waals surface area contributed by atoms with Crippen LogP contribution < -0.4 is 5.73 Å². The van der Waals surface area contributed by atoms with Gasteiger partial charge in [-0.1, -0.05) is 30.7 Å². The summed E-state index contributed by atoms with van der Waals surface area (Å²) in [6.07, 6.45) is 1.16. The van der Waals surface area contributed by atoms with Crippen LogP contribution in [0.5, 0.6) is 0 Å². The first kappa shape index (κ1) is 13.2. The molecule has 16 heavy (non-hydrogen) atoms. The van der Waals surface area contributed by atoms with Gasteiger partial charge in [-0.3, -0.25) is 4.90 Å². The number of nitrogens with zero attached hydrogens (tertiary/aromatic N) is 1. The number of rotatable bonds is 5. The standard InChI is InChI=1S/C14H24N2/c1-5-8-16(4)14(10-15)13-7-6-11(2)9-12(13)3/h6-7,9,14H,5,8,10,15H2,1-4H3. The zero-order valence-corrected chi connectivity index (χ0v) is 11.0. The van der Waals surface area contributed by atoms with Crippen LogP contribution in [0.4, 0.5) is 0 Å². The molecule has 0 aromatic heterocycles. The number of hydrogen-bond donors (Lipinski definition) is 1. The Labute approximate surface area is 99.5 Å². The van der Waals surface area contributed by atoms with Gasteiger partial charge in [0.15, 0.2) is 0 Å². The van der Waals surface area contributed by atoms with E-state index in [4.69, 9.17) is 5.73 Å². The van der Waals surface area contributed by atoms with Gasteiger partial charge in [0.1, 0.15) is 0 Å². The minimum absolute atomic E-state index is 0.348. The van der Waals surface area contributed by atoms with Crippen LogP contribution >= 0.6 is 0 Å². The van der Waals surface area contributed by atoms with Gasteiger partial charge in [0.25, 0.3) is 0 Å². The largest absolute Gasteiger partial charge is 0.329 e. The summed E-state index contributed by atoms with van der Waals surface area (Å²) < 4.78 is 0. The second kappa shape index (κ2) is 6.02. The summed E-state index contributed by atoms with van der Waals surface area (Å²) in [4.78, 5) is 2.34. The maximum Gasteiger partial charge on any atom is 0.0470 e. The van der Waals surface area contributed by atoms with E-state index in [2.05, 4.69) is 50.9 Å². The van der Waals surface area contributed by atoms with E-state index in [1.165, 1.54) is 16.7 Å². The quantitative estimate of drug-likeness (QED) is 0.826. The van der Waals surface area contributed by atoms with E-state index in [1.807, 2.05) is 0 Å². The highest BCUT2D eigenvalue weighted by Crippen LogP contribution is 2.22. The Kier molecular flexibility index (Phi) is 4.97. The molecule has 1 aromatic rings. The molecule has 2 nitrogen and oxygen atoms in total. The fraction of sp³-hybridized carbons (Fsp3) is 0.571. The van der Waals surface area contributed by atoms with Crippen LogP contribution in [0.1, 0.15) is 36.1 Å². The Bertz CT molecular complexity index is 334. The molecule has 0 spiro atoms. The van der Waals surface area contributed by atoms with E-state index >= 15 is 0 Å². The molecule has 0 saturated carbocycles. The fourth-order valence-corrected chi connectivity index (χ4v) is 2.25. The molecule has 1 unspecified atom stereocenters. The molecule has 1 rings (SSSR count). The van der Waals surface area contributed by atoms with Crippen molar-refractivity contribution in [2.24, 2.45) is 5.73 Å². The van der Waals surface area contributed by atoms with Crippen LogP contribution in [-0.4, -0.2) is 25.0 Å². The van der Waals surface area contributed by atoms with Gasteiger partial charge in [-0.25, -0.2) is 0 Å². The van der Waals surface area contributed by atoms with Crippen LogP contribution in [-0.2, 0) is 0 Å². The minimum Gasteiger partial charge on any atom is -0.329 e. The number of benzene rings is 1. The van der Waals surface area contributed by atoms with Crippen LogP contribution in [0.3, 0.4) is 0 Å². The van der Waals surface area contributed by atoms with Gasteiger partial charge in [-0.15, -0.1) is 0 Å². The molecule has 1 aromatic carbocycles. The Morgan fingerprint density at radius 2 is 2.00 bits per heavy atom. The van der Waals surface area contributed by atoms with Crippen LogP contribution in [0.2, 0.25) is 0 Å². The monoisotopic (exact) mass is 220 g/mol. The highest BCUT2D eigenvalue weighted by molar-refractivity contribution is 5.33. The number of likely N-dealkylation sites (N-methyl/N-ethyl adjacent to an activating group) is 1. The topological polar surface area (TPSA) is 29.3 Å². The second-order valence-electron chi connectivity index (χ2n) is 4.59. The highest BCUT2D eigenvalue weighted by atomic mass is 15.1. The van der Waals surface area contributed by atoms with Gasteiger partial charge >= 0.3 is 0 Å². The zero-order chi connectivity index (χ0) is 12.1. The molecule has 0 radical (unpaired) electrons.